The number of nitrogens with one attached hydrogen (secondary N) is 2. The number of benzene rings is 2. The number of rotatable bonds is 5. The molecule has 0 aliphatic carbocycles. The van der Waals surface area contributed by atoms with Crippen molar-refractivity contribution in [1.82, 2.24) is 5.16 Å². The van der Waals surface area contributed by atoms with Gasteiger partial charge in [-0.05, 0) is 50.2 Å². The topological polar surface area (TPSA) is 84.2 Å². The highest BCUT2D eigenvalue weighted by atomic mass is 19.4. The standard InChI is InChI=1S/C21H18F3N3O3/c1-12-18(13(2)30-27-12)11-19(28)25-16-7-3-5-14(9-16)20(29)26-17-8-4-6-15(10-17)21(22,23)24/h3-10H,11H2,1-2H3,(H,25,28)(H,26,29). The Bertz CT molecular complexity index is 1070. The molecule has 0 saturated carbocycles. The van der Waals surface area contributed by atoms with Gasteiger partial charge in [0.05, 0.1) is 17.7 Å². The van der Waals surface area contributed by atoms with Crippen LogP contribution in [0.1, 0.15) is 32.9 Å². The smallest absolute Gasteiger partial charge is 0.361 e. The van der Waals surface area contributed by atoms with Crippen LogP contribution in [0.4, 0.5) is 24.5 Å². The molecule has 2 amide bonds. The van der Waals surface area contributed by atoms with Crippen molar-refractivity contribution in [2.45, 2.75) is 26.4 Å². The fourth-order valence-electron chi connectivity index (χ4n) is 2.83. The van der Waals surface area contributed by atoms with Crippen LogP contribution in [0.5, 0.6) is 0 Å². The lowest BCUT2D eigenvalue weighted by Crippen LogP contribution is -2.17. The van der Waals surface area contributed by atoms with Crippen molar-refractivity contribution in [2.24, 2.45) is 0 Å². The maximum atomic E-state index is 12.8. The normalized spacial score (nSPS) is 11.2. The molecule has 0 fully saturated rings. The zero-order valence-electron chi connectivity index (χ0n) is 16.1. The molecular formula is C21H18F3N3O3. The molecule has 0 unspecified atom stereocenters. The lowest BCUT2D eigenvalue weighted by atomic mass is 10.1. The van der Waals surface area contributed by atoms with E-state index in [1.54, 1.807) is 26.0 Å². The van der Waals surface area contributed by atoms with Crippen LogP contribution in [-0.2, 0) is 17.4 Å². The van der Waals surface area contributed by atoms with Crippen molar-refractivity contribution in [3.63, 3.8) is 0 Å². The molecule has 2 aromatic carbocycles. The number of hydrogen-bond acceptors (Lipinski definition) is 4. The SMILES string of the molecule is Cc1noc(C)c1CC(=O)Nc1cccc(C(=O)Nc2cccc(C(F)(F)F)c2)c1. The number of amides is 2. The first kappa shape index (κ1) is 21.1. The quantitative estimate of drug-likeness (QED) is 0.628. The summed E-state index contributed by atoms with van der Waals surface area (Å²) in [4.78, 5) is 24.7. The third-order valence-electron chi connectivity index (χ3n) is 4.37. The molecule has 156 valence electrons. The first-order valence-electron chi connectivity index (χ1n) is 8.94. The van der Waals surface area contributed by atoms with Gasteiger partial charge in [-0.2, -0.15) is 13.2 Å². The summed E-state index contributed by atoms with van der Waals surface area (Å²) in [5.74, 6) is -0.368. The van der Waals surface area contributed by atoms with E-state index in [1.807, 2.05) is 0 Å². The molecule has 1 heterocycles. The molecule has 0 aliphatic heterocycles. The summed E-state index contributed by atoms with van der Waals surface area (Å²) < 4.78 is 43.5. The third-order valence-corrected chi connectivity index (χ3v) is 4.37. The fraction of sp³-hybridized carbons (Fsp3) is 0.190. The maximum Gasteiger partial charge on any atom is 0.416 e. The summed E-state index contributed by atoms with van der Waals surface area (Å²) in [7, 11) is 0. The molecule has 1 aromatic heterocycles. The average Bonchev–Trinajstić information content (AvgIpc) is 2.99. The van der Waals surface area contributed by atoms with Crippen molar-refractivity contribution in [1.29, 1.82) is 0 Å². The Balaban J connectivity index is 1.69. The van der Waals surface area contributed by atoms with Crippen LogP contribution in [0.25, 0.3) is 0 Å². The summed E-state index contributed by atoms with van der Waals surface area (Å²) in [5, 5.41) is 8.91. The summed E-state index contributed by atoms with van der Waals surface area (Å²) in [6.07, 6.45) is -4.45. The zero-order valence-corrected chi connectivity index (χ0v) is 16.1. The van der Waals surface area contributed by atoms with E-state index < -0.39 is 17.6 Å². The molecular weight excluding hydrogens is 399 g/mol. The lowest BCUT2D eigenvalue weighted by Gasteiger charge is -2.11. The van der Waals surface area contributed by atoms with Gasteiger partial charge in [-0.1, -0.05) is 17.3 Å². The van der Waals surface area contributed by atoms with Gasteiger partial charge in [0.2, 0.25) is 5.91 Å². The number of carbonyl (C=O) groups is 2. The van der Waals surface area contributed by atoms with E-state index in [4.69, 9.17) is 4.52 Å². The lowest BCUT2D eigenvalue weighted by molar-refractivity contribution is -0.137. The number of nitrogens with zero attached hydrogens (tertiary/aromatic N) is 1. The first-order valence-corrected chi connectivity index (χ1v) is 8.94. The second-order valence-corrected chi connectivity index (χ2v) is 6.64. The molecule has 0 bridgehead atoms. The van der Waals surface area contributed by atoms with Gasteiger partial charge in [0.25, 0.3) is 5.91 Å². The first-order chi connectivity index (χ1) is 14.1. The molecule has 0 radical (unpaired) electrons. The van der Waals surface area contributed by atoms with Crippen molar-refractivity contribution < 1.29 is 27.3 Å². The second-order valence-electron chi connectivity index (χ2n) is 6.64. The van der Waals surface area contributed by atoms with E-state index in [0.717, 1.165) is 12.1 Å². The van der Waals surface area contributed by atoms with Crippen molar-refractivity contribution in [3.05, 3.63) is 76.7 Å². The summed E-state index contributed by atoms with van der Waals surface area (Å²) in [5.41, 5.74) is 1.03. The Morgan fingerprint density at radius 1 is 1.00 bits per heavy atom. The average molecular weight is 417 g/mol. The number of carbonyl (C=O) groups excluding carboxylic acids is 2. The number of anilines is 2. The van der Waals surface area contributed by atoms with Gasteiger partial charge in [0, 0.05) is 22.5 Å². The largest absolute Gasteiger partial charge is 0.416 e. The molecule has 2 N–H and O–H groups in total. The second kappa shape index (κ2) is 8.40. The Kier molecular flexibility index (Phi) is 5.91. The zero-order chi connectivity index (χ0) is 21.9. The molecule has 0 atom stereocenters. The van der Waals surface area contributed by atoms with Gasteiger partial charge >= 0.3 is 6.18 Å². The molecule has 0 aliphatic rings. The van der Waals surface area contributed by atoms with Crippen molar-refractivity contribution in [2.75, 3.05) is 10.6 Å². The van der Waals surface area contributed by atoms with Gasteiger partial charge in [0.15, 0.2) is 0 Å². The molecule has 30 heavy (non-hydrogen) atoms. The number of halogens is 3. The minimum atomic E-state index is -4.51. The Morgan fingerprint density at radius 3 is 2.30 bits per heavy atom. The van der Waals surface area contributed by atoms with Gasteiger partial charge in [-0.3, -0.25) is 9.59 Å². The monoisotopic (exact) mass is 417 g/mol. The van der Waals surface area contributed by atoms with Crippen LogP contribution in [-0.4, -0.2) is 17.0 Å². The predicted octanol–water partition coefficient (Wildman–Crippen LogP) is 4.74. The Hall–Kier alpha value is -3.62. The summed E-state index contributed by atoms with van der Waals surface area (Å²) in [6, 6.07) is 10.4. The van der Waals surface area contributed by atoms with E-state index in [2.05, 4.69) is 15.8 Å². The molecule has 0 saturated heterocycles. The van der Waals surface area contributed by atoms with E-state index in [0.29, 0.717) is 22.7 Å². The van der Waals surface area contributed by atoms with Gasteiger partial charge in [-0.25, -0.2) is 0 Å². The summed E-state index contributed by atoms with van der Waals surface area (Å²) >= 11 is 0. The van der Waals surface area contributed by atoms with E-state index in [9.17, 15) is 22.8 Å². The Labute approximate surface area is 170 Å². The highest BCUT2D eigenvalue weighted by Gasteiger charge is 2.30. The number of aromatic nitrogens is 1. The van der Waals surface area contributed by atoms with Crippen LogP contribution in [0.2, 0.25) is 0 Å². The predicted molar refractivity (Wildman–Crippen MR) is 104 cm³/mol. The van der Waals surface area contributed by atoms with Crippen molar-refractivity contribution >= 4 is 23.2 Å². The van der Waals surface area contributed by atoms with Gasteiger partial charge in [0.1, 0.15) is 5.76 Å². The van der Waals surface area contributed by atoms with Crippen LogP contribution in [0.3, 0.4) is 0 Å². The van der Waals surface area contributed by atoms with E-state index in [-0.39, 0.29) is 23.6 Å². The minimum absolute atomic E-state index is 0.0164. The maximum absolute atomic E-state index is 12.8. The van der Waals surface area contributed by atoms with Gasteiger partial charge < -0.3 is 15.2 Å². The summed E-state index contributed by atoms with van der Waals surface area (Å²) in [6.45, 7) is 3.44. The van der Waals surface area contributed by atoms with Crippen LogP contribution in [0.15, 0.2) is 53.1 Å². The molecule has 3 rings (SSSR count). The fourth-order valence-corrected chi connectivity index (χ4v) is 2.83. The van der Waals surface area contributed by atoms with E-state index in [1.165, 1.54) is 24.3 Å². The van der Waals surface area contributed by atoms with Crippen LogP contribution in [0, 0.1) is 13.8 Å². The number of hydrogen-bond donors (Lipinski definition) is 2. The Morgan fingerprint density at radius 2 is 1.67 bits per heavy atom. The minimum Gasteiger partial charge on any atom is -0.361 e. The molecule has 9 heteroatoms. The third kappa shape index (κ3) is 5.05. The highest BCUT2D eigenvalue weighted by molar-refractivity contribution is 6.05. The van der Waals surface area contributed by atoms with Crippen LogP contribution < -0.4 is 10.6 Å². The van der Waals surface area contributed by atoms with Crippen LogP contribution >= 0.6 is 0 Å². The number of aryl methyl sites for hydroxylation is 2. The highest BCUT2D eigenvalue weighted by Crippen LogP contribution is 2.30. The van der Waals surface area contributed by atoms with Crippen molar-refractivity contribution in [3.8, 4) is 0 Å². The molecule has 3 aromatic rings. The molecule has 6 nitrogen and oxygen atoms in total. The van der Waals surface area contributed by atoms with Gasteiger partial charge in [-0.15, -0.1) is 0 Å². The number of alkyl halides is 3. The molecule has 0 spiro atoms. The van der Waals surface area contributed by atoms with E-state index >= 15 is 0 Å².